The van der Waals surface area contributed by atoms with Crippen LogP contribution < -0.4 is 4.72 Å². The van der Waals surface area contributed by atoms with Crippen molar-refractivity contribution in [3.63, 3.8) is 0 Å². The second-order valence-corrected chi connectivity index (χ2v) is 10.8. The highest BCUT2D eigenvalue weighted by molar-refractivity contribution is 7.90. The van der Waals surface area contributed by atoms with Gasteiger partial charge in [0.2, 0.25) is 0 Å². The molecule has 8 nitrogen and oxygen atoms in total. The minimum absolute atomic E-state index is 0.182. The van der Waals surface area contributed by atoms with Gasteiger partial charge in [-0.05, 0) is 49.2 Å². The predicted molar refractivity (Wildman–Crippen MR) is 138 cm³/mol. The first-order chi connectivity index (χ1) is 17.7. The minimum atomic E-state index is -4.01. The van der Waals surface area contributed by atoms with Crippen LogP contribution in [0.15, 0.2) is 66.9 Å². The SMILES string of the molecule is CCN(C)S(=O)(=O)Nc1cccc(C(=O)c2c(C3(C#N)CC3)n(-c3ccccc3)c3ncccc23)c1F. The zero-order valence-corrected chi connectivity index (χ0v) is 21.1. The number of hydrogen-bond acceptors (Lipinski definition) is 5. The molecule has 0 spiro atoms. The van der Waals surface area contributed by atoms with Crippen molar-refractivity contribution in [2.24, 2.45) is 0 Å². The van der Waals surface area contributed by atoms with Crippen LogP contribution in [0.2, 0.25) is 0 Å². The Balaban J connectivity index is 1.74. The molecule has 1 N–H and O–H groups in total. The fraction of sp³-hybridized carbons (Fsp3) is 0.222. The lowest BCUT2D eigenvalue weighted by atomic mass is 9.93. The van der Waals surface area contributed by atoms with Crippen LogP contribution in [0.25, 0.3) is 16.7 Å². The molecule has 2 aromatic heterocycles. The highest BCUT2D eigenvalue weighted by atomic mass is 32.2. The van der Waals surface area contributed by atoms with Crippen molar-refractivity contribution in [2.75, 3.05) is 18.3 Å². The van der Waals surface area contributed by atoms with Gasteiger partial charge in [0.05, 0.1) is 34.0 Å². The van der Waals surface area contributed by atoms with E-state index < -0.39 is 27.2 Å². The Labute approximate surface area is 214 Å². The van der Waals surface area contributed by atoms with E-state index in [2.05, 4.69) is 15.8 Å². The number of benzene rings is 2. The van der Waals surface area contributed by atoms with Crippen molar-refractivity contribution >= 4 is 32.7 Å². The molecular formula is C27H24FN5O3S. The van der Waals surface area contributed by atoms with Crippen molar-refractivity contribution in [2.45, 2.75) is 25.2 Å². The molecule has 1 aliphatic rings. The van der Waals surface area contributed by atoms with Gasteiger partial charge in [-0.1, -0.05) is 31.2 Å². The van der Waals surface area contributed by atoms with Gasteiger partial charge in [-0.25, -0.2) is 9.37 Å². The molecule has 0 amide bonds. The highest BCUT2D eigenvalue weighted by Crippen LogP contribution is 2.52. The third kappa shape index (κ3) is 4.06. The van der Waals surface area contributed by atoms with Gasteiger partial charge in [-0.3, -0.25) is 14.1 Å². The molecule has 0 bridgehead atoms. The van der Waals surface area contributed by atoms with Crippen molar-refractivity contribution in [1.29, 1.82) is 5.26 Å². The van der Waals surface area contributed by atoms with Gasteiger partial charge in [0, 0.05) is 30.9 Å². The van der Waals surface area contributed by atoms with Gasteiger partial charge in [0.25, 0.3) is 0 Å². The quantitative estimate of drug-likeness (QED) is 0.345. The molecule has 0 saturated heterocycles. The van der Waals surface area contributed by atoms with Crippen LogP contribution in [0.4, 0.5) is 10.1 Å². The van der Waals surface area contributed by atoms with Gasteiger partial charge in [0.1, 0.15) is 5.65 Å². The number of ketones is 1. The predicted octanol–water partition coefficient (Wildman–Crippen LogP) is 4.56. The second-order valence-electron chi connectivity index (χ2n) is 8.98. The van der Waals surface area contributed by atoms with Gasteiger partial charge >= 0.3 is 10.2 Å². The average Bonchev–Trinajstić information content (AvgIpc) is 3.63. The summed E-state index contributed by atoms with van der Waals surface area (Å²) in [6, 6.07) is 19.1. The van der Waals surface area contributed by atoms with Crippen molar-refractivity contribution in [1.82, 2.24) is 13.9 Å². The van der Waals surface area contributed by atoms with Crippen molar-refractivity contribution < 1.29 is 17.6 Å². The Bertz CT molecular complexity index is 1670. The Morgan fingerprint density at radius 2 is 1.89 bits per heavy atom. The molecular weight excluding hydrogens is 493 g/mol. The number of fused-ring (bicyclic) bond motifs is 1. The molecule has 2 heterocycles. The number of hydrogen-bond donors (Lipinski definition) is 1. The summed E-state index contributed by atoms with van der Waals surface area (Å²) < 4.78 is 45.8. The molecule has 5 rings (SSSR count). The van der Waals surface area contributed by atoms with E-state index in [1.54, 1.807) is 29.8 Å². The number of para-hydroxylation sites is 1. The van der Waals surface area contributed by atoms with E-state index in [0.29, 0.717) is 29.6 Å². The van der Waals surface area contributed by atoms with E-state index in [1.807, 2.05) is 30.3 Å². The number of nitrogens with zero attached hydrogens (tertiary/aromatic N) is 4. The minimum Gasteiger partial charge on any atom is -0.296 e. The summed E-state index contributed by atoms with van der Waals surface area (Å²) in [6.45, 7) is 1.83. The Hall–Kier alpha value is -4.07. The zero-order valence-electron chi connectivity index (χ0n) is 20.3. The summed E-state index contributed by atoms with van der Waals surface area (Å²) in [5.74, 6) is -1.63. The second kappa shape index (κ2) is 9.10. The van der Waals surface area contributed by atoms with Crippen molar-refractivity contribution in [3.8, 4) is 11.8 Å². The monoisotopic (exact) mass is 517 g/mol. The molecule has 0 atom stereocenters. The molecule has 1 aliphatic carbocycles. The van der Waals surface area contributed by atoms with Crippen LogP contribution >= 0.6 is 0 Å². The number of aromatic nitrogens is 2. The van der Waals surface area contributed by atoms with E-state index in [4.69, 9.17) is 0 Å². The fourth-order valence-electron chi connectivity index (χ4n) is 4.46. The lowest BCUT2D eigenvalue weighted by Gasteiger charge is -2.18. The summed E-state index contributed by atoms with van der Waals surface area (Å²) in [5, 5.41) is 10.6. The maximum atomic E-state index is 15.7. The number of rotatable bonds is 8. The van der Waals surface area contributed by atoms with Crippen LogP contribution in [-0.2, 0) is 15.6 Å². The van der Waals surface area contributed by atoms with Gasteiger partial charge in [-0.15, -0.1) is 0 Å². The molecule has 1 fully saturated rings. The van der Waals surface area contributed by atoms with Gasteiger partial charge in [-0.2, -0.15) is 18.0 Å². The number of carbonyl (C=O) groups excluding carboxylic acids is 1. The molecule has 37 heavy (non-hydrogen) atoms. The van der Waals surface area contributed by atoms with Crippen LogP contribution in [0.1, 0.15) is 41.4 Å². The lowest BCUT2D eigenvalue weighted by Crippen LogP contribution is -2.32. The van der Waals surface area contributed by atoms with E-state index in [1.165, 1.54) is 25.2 Å². The van der Waals surface area contributed by atoms with E-state index >= 15 is 4.39 Å². The number of carbonyl (C=O) groups is 1. The zero-order chi connectivity index (χ0) is 26.4. The number of anilines is 1. The molecule has 0 unspecified atom stereocenters. The van der Waals surface area contributed by atoms with Crippen LogP contribution in [-0.4, -0.2) is 41.6 Å². The van der Waals surface area contributed by atoms with Crippen LogP contribution in [0, 0.1) is 17.1 Å². The van der Waals surface area contributed by atoms with Crippen LogP contribution in [0.3, 0.4) is 0 Å². The number of nitrogens with one attached hydrogen (secondary N) is 1. The fourth-order valence-corrected chi connectivity index (χ4v) is 5.39. The molecule has 0 aliphatic heterocycles. The van der Waals surface area contributed by atoms with E-state index in [9.17, 15) is 18.5 Å². The maximum Gasteiger partial charge on any atom is 0.301 e. The number of pyridine rings is 1. The first-order valence-electron chi connectivity index (χ1n) is 11.8. The Morgan fingerprint density at radius 1 is 1.16 bits per heavy atom. The van der Waals surface area contributed by atoms with E-state index in [0.717, 1.165) is 9.99 Å². The molecule has 10 heteroatoms. The topological polar surface area (TPSA) is 108 Å². The summed E-state index contributed by atoms with van der Waals surface area (Å²) in [7, 11) is -2.65. The largest absolute Gasteiger partial charge is 0.301 e. The standard InChI is InChI=1S/C27H24FN5O3S/c1-3-32(2)37(35,36)31-21-13-7-11-20(23(21)28)24(34)22-19-12-8-16-30-26(19)33(18-9-5-4-6-10-18)25(22)27(17-29)14-15-27/h4-13,16,31H,3,14-15H2,1-2H3. The first kappa shape index (κ1) is 24.6. The normalized spacial score (nSPS) is 14.5. The molecule has 2 aromatic carbocycles. The molecule has 0 radical (unpaired) electrons. The van der Waals surface area contributed by atoms with E-state index in [-0.39, 0.29) is 23.4 Å². The molecule has 188 valence electrons. The summed E-state index contributed by atoms with van der Waals surface area (Å²) in [5.41, 5.74) is 0.318. The molecule has 4 aromatic rings. The Morgan fingerprint density at radius 3 is 2.54 bits per heavy atom. The number of halogens is 1. The third-order valence-corrected chi connectivity index (χ3v) is 8.28. The van der Waals surface area contributed by atoms with Gasteiger partial charge in [0.15, 0.2) is 11.6 Å². The van der Waals surface area contributed by atoms with Crippen LogP contribution in [0.5, 0.6) is 0 Å². The number of nitriles is 1. The molecule has 1 saturated carbocycles. The lowest BCUT2D eigenvalue weighted by molar-refractivity contribution is 0.103. The maximum absolute atomic E-state index is 15.7. The summed E-state index contributed by atoms with van der Waals surface area (Å²) in [4.78, 5) is 18.6. The average molecular weight is 518 g/mol. The summed E-state index contributed by atoms with van der Waals surface area (Å²) in [6.07, 6.45) is 2.71. The smallest absolute Gasteiger partial charge is 0.296 e. The Kier molecular flexibility index (Phi) is 6.06. The first-order valence-corrected chi connectivity index (χ1v) is 13.2. The highest BCUT2D eigenvalue weighted by Gasteiger charge is 2.51. The van der Waals surface area contributed by atoms with Crippen molar-refractivity contribution in [3.05, 3.63) is 89.5 Å². The van der Waals surface area contributed by atoms with Gasteiger partial charge < -0.3 is 0 Å². The summed E-state index contributed by atoms with van der Waals surface area (Å²) >= 11 is 0. The third-order valence-electron chi connectivity index (χ3n) is 6.72.